The zero-order valence-electron chi connectivity index (χ0n) is 9.74. The molecule has 0 amide bonds. The first-order chi connectivity index (χ1) is 8.70. The largest absolute Gasteiger partial charge is 0.369 e. The predicted molar refractivity (Wildman–Crippen MR) is 78.6 cm³/mol. The summed E-state index contributed by atoms with van der Waals surface area (Å²) in [7, 11) is 0. The van der Waals surface area contributed by atoms with Gasteiger partial charge in [0.05, 0.1) is 0 Å². The van der Waals surface area contributed by atoms with Gasteiger partial charge in [-0.05, 0) is 47.1 Å². The van der Waals surface area contributed by atoms with Crippen molar-refractivity contribution in [3.8, 4) is 0 Å². The van der Waals surface area contributed by atoms with Gasteiger partial charge in [-0.1, -0.05) is 11.6 Å². The van der Waals surface area contributed by atoms with Crippen molar-refractivity contribution in [1.29, 1.82) is 0 Å². The lowest BCUT2D eigenvalue weighted by atomic mass is 10.3. The van der Waals surface area contributed by atoms with Crippen LogP contribution in [-0.2, 0) is 0 Å². The fourth-order valence-electron chi connectivity index (χ4n) is 1.42. The zero-order chi connectivity index (χ0) is 13.0. The molecule has 2 aromatic rings. The Kier molecular flexibility index (Phi) is 4.38. The van der Waals surface area contributed by atoms with Crippen LogP contribution < -0.4 is 10.6 Å². The number of rotatable bonds is 4. The van der Waals surface area contributed by atoms with Crippen LogP contribution in [0.1, 0.15) is 6.92 Å². The van der Waals surface area contributed by atoms with Crippen LogP contribution in [-0.4, -0.2) is 16.5 Å². The van der Waals surface area contributed by atoms with Crippen LogP contribution in [0, 0.1) is 0 Å². The summed E-state index contributed by atoms with van der Waals surface area (Å²) in [6.07, 6.45) is 1.51. The van der Waals surface area contributed by atoms with Crippen molar-refractivity contribution in [2.45, 2.75) is 6.92 Å². The van der Waals surface area contributed by atoms with Crippen molar-refractivity contribution in [1.82, 2.24) is 9.97 Å². The molecule has 0 atom stereocenters. The highest BCUT2D eigenvalue weighted by molar-refractivity contribution is 9.10. The van der Waals surface area contributed by atoms with E-state index in [9.17, 15) is 0 Å². The highest BCUT2D eigenvalue weighted by atomic mass is 79.9. The fraction of sp³-hybridized carbons (Fsp3) is 0.167. The minimum Gasteiger partial charge on any atom is -0.369 e. The second-order valence-electron chi connectivity index (χ2n) is 3.55. The molecule has 2 N–H and O–H groups in total. The van der Waals surface area contributed by atoms with Crippen LogP contribution in [0.3, 0.4) is 0 Å². The van der Waals surface area contributed by atoms with E-state index in [1.807, 2.05) is 31.2 Å². The Morgan fingerprint density at radius 2 is 1.83 bits per heavy atom. The number of hydrogen-bond donors (Lipinski definition) is 2. The summed E-state index contributed by atoms with van der Waals surface area (Å²) in [5.41, 5.74) is 0.918. The molecule has 0 saturated heterocycles. The normalized spacial score (nSPS) is 10.2. The van der Waals surface area contributed by atoms with Crippen LogP contribution in [0.5, 0.6) is 0 Å². The summed E-state index contributed by atoms with van der Waals surface area (Å²) in [6, 6.07) is 7.43. The first-order valence-corrected chi connectivity index (χ1v) is 6.64. The average Bonchev–Trinajstić information content (AvgIpc) is 2.37. The van der Waals surface area contributed by atoms with Crippen molar-refractivity contribution in [2.24, 2.45) is 0 Å². The molecule has 0 unspecified atom stereocenters. The van der Waals surface area contributed by atoms with Gasteiger partial charge in [0.2, 0.25) is 0 Å². The molecule has 1 aromatic carbocycles. The van der Waals surface area contributed by atoms with Gasteiger partial charge in [0.25, 0.3) is 0 Å². The Labute approximate surface area is 119 Å². The van der Waals surface area contributed by atoms with Gasteiger partial charge in [0, 0.05) is 17.3 Å². The van der Waals surface area contributed by atoms with E-state index in [1.165, 1.54) is 6.33 Å². The molecule has 1 heterocycles. The zero-order valence-corrected chi connectivity index (χ0v) is 12.1. The molecule has 4 nitrogen and oxygen atoms in total. The Balaban J connectivity index is 2.23. The van der Waals surface area contributed by atoms with Crippen molar-refractivity contribution in [2.75, 3.05) is 17.2 Å². The molecule has 0 radical (unpaired) electrons. The summed E-state index contributed by atoms with van der Waals surface area (Å²) in [5, 5.41) is 7.06. The van der Waals surface area contributed by atoms with E-state index in [-0.39, 0.29) is 0 Å². The van der Waals surface area contributed by atoms with Gasteiger partial charge in [-0.25, -0.2) is 9.97 Å². The molecule has 0 aliphatic carbocycles. The van der Waals surface area contributed by atoms with Gasteiger partial charge in [-0.2, -0.15) is 0 Å². The first kappa shape index (κ1) is 13.1. The van der Waals surface area contributed by atoms with Gasteiger partial charge in [0.15, 0.2) is 0 Å². The molecule has 2 rings (SSSR count). The quantitative estimate of drug-likeness (QED) is 0.889. The minimum absolute atomic E-state index is 0.704. The maximum absolute atomic E-state index is 5.84. The lowest BCUT2D eigenvalue weighted by Gasteiger charge is -2.10. The van der Waals surface area contributed by atoms with Crippen LogP contribution in [0.15, 0.2) is 35.1 Å². The van der Waals surface area contributed by atoms with Crippen molar-refractivity contribution >= 4 is 44.9 Å². The van der Waals surface area contributed by atoms with E-state index >= 15 is 0 Å². The number of halogens is 2. The van der Waals surface area contributed by atoms with Gasteiger partial charge in [-0.3, -0.25) is 0 Å². The number of nitrogens with one attached hydrogen (secondary N) is 2. The molecule has 0 fully saturated rings. The topological polar surface area (TPSA) is 49.8 Å². The standard InChI is InChI=1S/C12H12BrClN4/c1-2-15-11-10(13)12(17-7-16-11)18-9-5-3-8(14)4-6-9/h3-7H,2H2,1H3,(H2,15,16,17,18). The molecule has 0 saturated carbocycles. The lowest BCUT2D eigenvalue weighted by molar-refractivity contribution is 1.10. The Bertz CT molecular complexity index is 530. The third-order valence-electron chi connectivity index (χ3n) is 2.24. The number of aromatic nitrogens is 2. The van der Waals surface area contributed by atoms with Gasteiger partial charge in [-0.15, -0.1) is 0 Å². The molecule has 0 aliphatic rings. The molecular formula is C12H12BrClN4. The molecule has 18 heavy (non-hydrogen) atoms. The molecule has 0 aliphatic heterocycles. The molecule has 94 valence electrons. The van der Waals surface area contributed by atoms with E-state index in [4.69, 9.17) is 11.6 Å². The highest BCUT2D eigenvalue weighted by Gasteiger charge is 2.07. The third kappa shape index (κ3) is 3.11. The van der Waals surface area contributed by atoms with Crippen LogP contribution in [0.2, 0.25) is 5.02 Å². The SMILES string of the molecule is CCNc1ncnc(Nc2ccc(Cl)cc2)c1Br. The number of anilines is 3. The average molecular weight is 328 g/mol. The van der Waals surface area contributed by atoms with Crippen LogP contribution in [0.4, 0.5) is 17.3 Å². The monoisotopic (exact) mass is 326 g/mol. The highest BCUT2D eigenvalue weighted by Crippen LogP contribution is 2.29. The first-order valence-electron chi connectivity index (χ1n) is 5.47. The van der Waals surface area contributed by atoms with E-state index in [2.05, 4.69) is 36.5 Å². The van der Waals surface area contributed by atoms with Crippen LogP contribution >= 0.6 is 27.5 Å². The Morgan fingerprint density at radius 3 is 2.50 bits per heavy atom. The lowest BCUT2D eigenvalue weighted by Crippen LogP contribution is -2.03. The molecule has 0 bridgehead atoms. The van der Waals surface area contributed by atoms with E-state index in [0.29, 0.717) is 10.8 Å². The van der Waals surface area contributed by atoms with Gasteiger partial charge >= 0.3 is 0 Å². The van der Waals surface area contributed by atoms with E-state index < -0.39 is 0 Å². The summed E-state index contributed by atoms with van der Waals surface area (Å²) >= 11 is 9.32. The Hall–Kier alpha value is -1.33. The molecule has 1 aromatic heterocycles. The third-order valence-corrected chi connectivity index (χ3v) is 3.24. The smallest absolute Gasteiger partial charge is 0.150 e. The molecule has 6 heteroatoms. The number of nitrogens with zero attached hydrogens (tertiary/aromatic N) is 2. The molecule has 0 spiro atoms. The van der Waals surface area contributed by atoms with Gasteiger partial charge in [0.1, 0.15) is 22.4 Å². The second kappa shape index (κ2) is 6.02. The second-order valence-corrected chi connectivity index (χ2v) is 4.78. The van der Waals surface area contributed by atoms with Gasteiger partial charge < -0.3 is 10.6 Å². The summed E-state index contributed by atoms with van der Waals surface area (Å²) < 4.78 is 0.807. The number of hydrogen-bond acceptors (Lipinski definition) is 4. The van der Waals surface area contributed by atoms with Crippen molar-refractivity contribution in [3.05, 3.63) is 40.1 Å². The van der Waals surface area contributed by atoms with Crippen molar-refractivity contribution < 1.29 is 0 Å². The minimum atomic E-state index is 0.704. The van der Waals surface area contributed by atoms with E-state index in [0.717, 1.165) is 22.5 Å². The Morgan fingerprint density at radius 1 is 1.17 bits per heavy atom. The maximum atomic E-state index is 5.84. The molecular weight excluding hydrogens is 316 g/mol. The van der Waals surface area contributed by atoms with Crippen molar-refractivity contribution in [3.63, 3.8) is 0 Å². The number of benzene rings is 1. The summed E-state index contributed by atoms with van der Waals surface area (Å²) in [6.45, 7) is 2.82. The summed E-state index contributed by atoms with van der Waals surface area (Å²) in [4.78, 5) is 8.35. The van der Waals surface area contributed by atoms with E-state index in [1.54, 1.807) is 0 Å². The predicted octanol–water partition coefficient (Wildman–Crippen LogP) is 4.07. The fourth-order valence-corrected chi connectivity index (χ4v) is 1.99. The summed E-state index contributed by atoms with van der Waals surface area (Å²) in [5.74, 6) is 1.48. The maximum Gasteiger partial charge on any atom is 0.150 e. The van der Waals surface area contributed by atoms with Crippen LogP contribution in [0.25, 0.3) is 0 Å².